The van der Waals surface area contributed by atoms with Crippen molar-refractivity contribution in [2.75, 3.05) is 33.8 Å². The second-order valence-electron chi connectivity index (χ2n) is 5.90. The van der Waals surface area contributed by atoms with E-state index in [2.05, 4.69) is 5.32 Å². The van der Waals surface area contributed by atoms with E-state index < -0.39 is 11.9 Å². The molecule has 2 aromatic carbocycles. The van der Waals surface area contributed by atoms with E-state index in [9.17, 15) is 14.3 Å². The highest BCUT2D eigenvalue weighted by Gasteiger charge is 2.16. The van der Waals surface area contributed by atoms with Gasteiger partial charge in [-0.25, -0.2) is 4.39 Å². The molecule has 0 aliphatic heterocycles. The molecule has 6 heteroatoms. The number of amides is 1. The van der Waals surface area contributed by atoms with Crippen LogP contribution in [0.1, 0.15) is 22.0 Å². The lowest BCUT2D eigenvalue weighted by atomic mass is 10.1. The maximum atomic E-state index is 13.7. The zero-order chi connectivity index (χ0) is 18.2. The monoisotopic (exact) mass is 346 g/mol. The normalized spacial score (nSPS) is 12.0. The Kier molecular flexibility index (Phi) is 6.91. The number of halogens is 1. The molecule has 0 saturated carbocycles. The molecule has 0 saturated heterocycles. The molecule has 2 aromatic rings. The third-order valence-corrected chi connectivity index (χ3v) is 3.65. The Morgan fingerprint density at radius 1 is 1.20 bits per heavy atom. The zero-order valence-electron chi connectivity index (χ0n) is 14.4. The molecule has 0 bridgehead atoms. The fourth-order valence-electron chi connectivity index (χ4n) is 2.26. The predicted molar refractivity (Wildman–Crippen MR) is 94.2 cm³/mol. The molecular weight excluding hydrogens is 323 g/mol. The third kappa shape index (κ3) is 5.55. The highest BCUT2D eigenvalue weighted by Crippen LogP contribution is 2.19. The summed E-state index contributed by atoms with van der Waals surface area (Å²) in [7, 11) is 3.87. The molecule has 0 fully saturated rings. The van der Waals surface area contributed by atoms with Crippen LogP contribution in [0, 0.1) is 5.82 Å². The summed E-state index contributed by atoms with van der Waals surface area (Å²) < 4.78 is 19.3. The number of hydrogen-bond acceptors (Lipinski definition) is 4. The van der Waals surface area contributed by atoms with Crippen LogP contribution in [0.4, 0.5) is 4.39 Å². The first-order chi connectivity index (χ1) is 12.0. The summed E-state index contributed by atoms with van der Waals surface area (Å²) >= 11 is 0. The number of hydrogen-bond donors (Lipinski definition) is 2. The number of nitrogens with zero attached hydrogens (tertiary/aromatic N) is 1. The van der Waals surface area contributed by atoms with Gasteiger partial charge in [-0.2, -0.15) is 0 Å². The van der Waals surface area contributed by atoms with Gasteiger partial charge in [-0.05, 0) is 32.3 Å². The highest BCUT2D eigenvalue weighted by atomic mass is 19.1. The van der Waals surface area contributed by atoms with E-state index >= 15 is 0 Å². The van der Waals surface area contributed by atoms with Crippen molar-refractivity contribution in [2.24, 2.45) is 0 Å². The fourth-order valence-corrected chi connectivity index (χ4v) is 2.26. The van der Waals surface area contributed by atoms with E-state index in [1.54, 1.807) is 36.4 Å². The van der Waals surface area contributed by atoms with E-state index in [1.807, 2.05) is 19.0 Å². The Morgan fingerprint density at radius 2 is 1.88 bits per heavy atom. The largest absolute Gasteiger partial charge is 0.491 e. The standard InChI is InChI=1S/C19H23FN2O3/c1-22(2)11-12-25-18-10-6-4-8-15(18)19(24)21-13-17(23)14-7-3-5-9-16(14)20/h3-10,17,23H,11-13H2,1-2H3,(H,21,24). The van der Waals surface area contributed by atoms with Crippen LogP contribution in [0.25, 0.3) is 0 Å². The lowest BCUT2D eigenvalue weighted by molar-refractivity contribution is 0.0909. The van der Waals surface area contributed by atoms with Gasteiger partial charge in [-0.3, -0.25) is 4.79 Å². The van der Waals surface area contributed by atoms with Gasteiger partial charge in [-0.15, -0.1) is 0 Å². The average Bonchev–Trinajstić information content (AvgIpc) is 2.60. The molecule has 25 heavy (non-hydrogen) atoms. The number of nitrogens with one attached hydrogen (secondary N) is 1. The van der Waals surface area contributed by atoms with Crippen LogP contribution in [-0.4, -0.2) is 49.7 Å². The van der Waals surface area contributed by atoms with Gasteiger partial charge >= 0.3 is 0 Å². The Hall–Kier alpha value is -2.44. The van der Waals surface area contributed by atoms with Gasteiger partial charge in [0.25, 0.3) is 5.91 Å². The van der Waals surface area contributed by atoms with Crippen LogP contribution in [0.15, 0.2) is 48.5 Å². The highest BCUT2D eigenvalue weighted by molar-refractivity contribution is 5.96. The second kappa shape index (κ2) is 9.15. The predicted octanol–water partition coefficient (Wildman–Crippen LogP) is 2.23. The summed E-state index contributed by atoms with van der Waals surface area (Å²) in [5.41, 5.74) is 0.528. The Balaban J connectivity index is 1.98. The summed E-state index contributed by atoms with van der Waals surface area (Å²) in [6, 6.07) is 12.8. The van der Waals surface area contributed by atoms with Crippen molar-refractivity contribution in [3.8, 4) is 5.75 Å². The van der Waals surface area contributed by atoms with E-state index in [0.29, 0.717) is 17.9 Å². The molecule has 0 aromatic heterocycles. The Morgan fingerprint density at radius 3 is 2.60 bits per heavy atom. The van der Waals surface area contributed by atoms with Crippen molar-refractivity contribution in [1.82, 2.24) is 10.2 Å². The van der Waals surface area contributed by atoms with Gasteiger partial charge < -0.3 is 20.1 Å². The lowest BCUT2D eigenvalue weighted by Gasteiger charge is -2.15. The first-order valence-electron chi connectivity index (χ1n) is 8.06. The van der Waals surface area contributed by atoms with Crippen molar-refractivity contribution in [1.29, 1.82) is 0 Å². The first kappa shape index (κ1) is 18.9. The molecule has 1 amide bonds. The maximum Gasteiger partial charge on any atom is 0.255 e. The molecule has 0 heterocycles. The number of aliphatic hydroxyl groups excluding tert-OH is 1. The van der Waals surface area contributed by atoms with Crippen molar-refractivity contribution >= 4 is 5.91 Å². The molecule has 1 unspecified atom stereocenters. The molecular formula is C19H23FN2O3. The number of rotatable bonds is 8. The Bertz CT molecular complexity index is 707. The van der Waals surface area contributed by atoms with Gasteiger partial charge in [0, 0.05) is 18.7 Å². The van der Waals surface area contributed by atoms with Crippen molar-refractivity contribution in [3.63, 3.8) is 0 Å². The van der Waals surface area contributed by atoms with Crippen molar-refractivity contribution in [2.45, 2.75) is 6.10 Å². The molecule has 134 valence electrons. The van der Waals surface area contributed by atoms with Crippen LogP contribution < -0.4 is 10.1 Å². The van der Waals surface area contributed by atoms with E-state index in [4.69, 9.17) is 4.74 Å². The maximum absolute atomic E-state index is 13.7. The van der Waals surface area contributed by atoms with Crippen molar-refractivity contribution in [3.05, 3.63) is 65.5 Å². The minimum Gasteiger partial charge on any atom is -0.491 e. The first-order valence-corrected chi connectivity index (χ1v) is 8.06. The fraction of sp³-hybridized carbons (Fsp3) is 0.316. The summed E-state index contributed by atoms with van der Waals surface area (Å²) in [6.07, 6.45) is -1.12. The van der Waals surface area contributed by atoms with Gasteiger partial charge in [-0.1, -0.05) is 30.3 Å². The zero-order valence-corrected chi connectivity index (χ0v) is 14.4. The molecule has 0 aliphatic rings. The summed E-state index contributed by atoms with van der Waals surface area (Å²) in [4.78, 5) is 14.4. The molecule has 2 rings (SSSR count). The summed E-state index contributed by atoms with van der Waals surface area (Å²) in [6.45, 7) is 1.09. The number of para-hydroxylation sites is 1. The average molecular weight is 346 g/mol. The summed E-state index contributed by atoms with van der Waals surface area (Å²) in [5, 5.41) is 12.7. The minimum atomic E-state index is -1.12. The molecule has 5 nitrogen and oxygen atoms in total. The molecule has 0 radical (unpaired) electrons. The number of aliphatic hydroxyl groups is 1. The van der Waals surface area contributed by atoms with Crippen LogP contribution in [0.2, 0.25) is 0 Å². The van der Waals surface area contributed by atoms with Gasteiger partial charge in [0.15, 0.2) is 0 Å². The molecule has 2 N–H and O–H groups in total. The number of benzene rings is 2. The quantitative estimate of drug-likeness (QED) is 0.769. The van der Waals surface area contributed by atoms with Crippen LogP contribution in [-0.2, 0) is 0 Å². The smallest absolute Gasteiger partial charge is 0.255 e. The van der Waals surface area contributed by atoms with Crippen molar-refractivity contribution < 1.29 is 19.0 Å². The van der Waals surface area contributed by atoms with Crippen LogP contribution in [0.3, 0.4) is 0 Å². The van der Waals surface area contributed by atoms with E-state index in [1.165, 1.54) is 12.1 Å². The summed E-state index contributed by atoms with van der Waals surface area (Å²) in [5.74, 6) is -0.408. The van der Waals surface area contributed by atoms with E-state index in [-0.39, 0.29) is 18.0 Å². The number of carbonyl (C=O) groups is 1. The SMILES string of the molecule is CN(C)CCOc1ccccc1C(=O)NCC(O)c1ccccc1F. The number of likely N-dealkylation sites (N-methyl/N-ethyl adjacent to an activating group) is 1. The van der Waals surface area contributed by atoms with Gasteiger partial charge in [0.05, 0.1) is 11.7 Å². The molecule has 0 aliphatic carbocycles. The van der Waals surface area contributed by atoms with Crippen LogP contribution in [0.5, 0.6) is 5.75 Å². The topological polar surface area (TPSA) is 61.8 Å². The third-order valence-electron chi connectivity index (χ3n) is 3.65. The molecule has 1 atom stereocenters. The number of ether oxygens (including phenoxy) is 1. The second-order valence-corrected chi connectivity index (χ2v) is 5.90. The molecule has 0 spiro atoms. The minimum absolute atomic E-state index is 0.0915. The van der Waals surface area contributed by atoms with Crippen LogP contribution >= 0.6 is 0 Å². The lowest BCUT2D eigenvalue weighted by Crippen LogP contribution is -2.29. The van der Waals surface area contributed by atoms with E-state index in [0.717, 1.165) is 6.54 Å². The van der Waals surface area contributed by atoms with Gasteiger partial charge in [0.2, 0.25) is 0 Å². The van der Waals surface area contributed by atoms with Gasteiger partial charge in [0.1, 0.15) is 18.2 Å². The Labute approximate surface area is 147 Å². The number of carbonyl (C=O) groups excluding carboxylic acids is 1.